The van der Waals surface area contributed by atoms with Crippen molar-refractivity contribution in [2.45, 2.75) is 13.3 Å². The molecule has 2 N–H and O–H groups in total. The van der Waals surface area contributed by atoms with E-state index in [1.54, 1.807) is 0 Å². The second kappa shape index (κ2) is 5.64. The van der Waals surface area contributed by atoms with Crippen molar-refractivity contribution in [3.63, 3.8) is 0 Å². The normalized spacial score (nSPS) is 10.3. The monoisotopic (exact) mass is 278 g/mol. The zero-order valence-corrected chi connectivity index (χ0v) is 10.7. The number of rotatable bonds is 4. The van der Waals surface area contributed by atoms with Crippen LogP contribution >= 0.6 is 0 Å². The van der Waals surface area contributed by atoms with Crippen LogP contribution in [0.2, 0.25) is 0 Å². The largest absolute Gasteiger partial charge is 0.478 e. The lowest BCUT2D eigenvalue weighted by molar-refractivity contribution is 0.0696. The maximum atomic E-state index is 13.5. The molecule has 0 saturated carbocycles. The highest BCUT2D eigenvalue weighted by Crippen LogP contribution is 2.21. The number of nitrogens with zero attached hydrogens (tertiary/aromatic N) is 1. The number of aromatic carboxylic acids is 1. The number of anilines is 2. The first-order valence-corrected chi connectivity index (χ1v) is 5.96. The third-order valence-electron chi connectivity index (χ3n) is 2.68. The van der Waals surface area contributed by atoms with Gasteiger partial charge in [-0.15, -0.1) is 0 Å². The van der Waals surface area contributed by atoms with Crippen molar-refractivity contribution < 1.29 is 18.7 Å². The molecule has 4 nitrogen and oxygen atoms in total. The van der Waals surface area contributed by atoms with Crippen molar-refractivity contribution in [1.82, 2.24) is 4.98 Å². The van der Waals surface area contributed by atoms with Crippen LogP contribution < -0.4 is 5.32 Å². The van der Waals surface area contributed by atoms with Gasteiger partial charge in [0.2, 0.25) is 0 Å². The summed E-state index contributed by atoms with van der Waals surface area (Å²) in [5, 5.41) is 11.7. The summed E-state index contributed by atoms with van der Waals surface area (Å²) in [4.78, 5) is 15.2. The van der Waals surface area contributed by atoms with Crippen LogP contribution in [0.15, 0.2) is 30.3 Å². The van der Waals surface area contributed by atoms with Crippen molar-refractivity contribution in [1.29, 1.82) is 0 Å². The van der Waals surface area contributed by atoms with E-state index in [-0.39, 0.29) is 17.1 Å². The highest BCUT2D eigenvalue weighted by Gasteiger charge is 2.10. The first-order valence-electron chi connectivity index (χ1n) is 5.96. The summed E-state index contributed by atoms with van der Waals surface area (Å²) >= 11 is 0. The zero-order valence-electron chi connectivity index (χ0n) is 10.7. The molecule has 1 aromatic carbocycles. The molecule has 0 aliphatic carbocycles. The van der Waals surface area contributed by atoms with Crippen molar-refractivity contribution in [2.24, 2.45) is 0 Å². The Balaban J connectivity index is 2.37. The summed E-state index contributed by atoms with van der Waals surface area (Å²) in [5.41, 5.74) is 0.653. The van der Waals surface area contributed by atoms with Crippen molar-refractivity contribution in [2.75, 3.05) is 5.32 Å². The summed E-state index contributed by atoms with van der Waals surface area (Å²) in [6.07, 6.45) is 0.543. The number of carbonyl (C=O) groups is 1. The Hall–Kier alpha value is -2.50. The highest BCUT2D eigenvalue weighted by atomic mass is 19.1. The van der Waals surface area contributed by atoms with Gasteiger partial charge in [-0.2, -0.15) is 0 Å². The van der Waals surface area contributed by atoms with E-state index in [1.165, 1.54) is 18.2 Å². The number of benzene rings is 1. The van der Waals surface area contributed by atoms with E-state index >= 15 is 0 Å². The zero-order chi connectivity index (χ0) is 14.7. The number of halogens is 2. The number of aromatic nitrogens is 1. The van der Waals surface area contributed by atoms with Crippen LogP contribution in [0.5, 0.6) is 0 Å². The molecule has 0 aliphatic heterocycles. The number of nitrogens with one attached hydrogen (secondary N) is 1. The topological polar surface area (TPSA) is 62.2 Å². The van der Waals surface area contributed by atoms with E-state index in [9.17, 15) is 13.6 Å². The Morgan fingerprint density at radius 3 is 2.65 bits per heavy atom. The van der Waals surface area contributed by atoms with Crippen LogP contribution in [0.4, 0.5) is 20.3 Å². The second-order valence-electron chi connectivity index (χ2n) is 4.14. The van der Waals surface area contributed by atoms with E-state index in [0.29, 0.717) is 12.1 Å². The van der Waals surface area contributed by atoms with E-state index in [4.69, 9.17) is 5.11 Å². The number of pyridine rings is 1. The third kappa shape index (κ3) is 3.09. The predicted octanol–water partition coefficient (Wildman–Crippen LogP) is 3.36. The minimum Gasteiger partial charge on any atom is -0.478 e. The number of aryl methyl sites for hydroxylation is 1. The standard InChI is InChI=1S/C14H12F2N2O2/c1-2-10-5-8(14(19)20)6-13(17-10)18-12-4-3-9(15)7-11(12)16/h3-7H,2H2,1H3,(H,17,18)(H,19,20). The van der Waals surface area contributed by atoms with Gasteiger partial charge in [-0.3, -0.25) is 0 Å². The lowest BCUT2D eigenvalue weighted by atomic mass is 10.2. The van der Waals surface area contributed by atoms with Crippen LogP contribution in [0.25, 0.3) is 0 Å². The minimum atomic E-state index is -1.09. The second-order valence-corrected chi connectivity index (χ2v) is 4.14. The van der Waals surface area contributed by atoms with E-state index < -0.39 is 17.6 Å². The molecule has 0 radical (unpaired) electrons. The van der Waals surface area contributed by atoms with Gasteiger partial charge in [0, 0.05) is 11.8 Å². The van der Waals surface area contributed by atoms with Gasteiger partial charge in [-0.1, -0.05) is 6.92 Å². The van der Waals surface area contributed by atoms with Crippen LogP contribution in [0, 0.1) is 11.6 Å². The molecule has 20 heavy (non-hydrogen) atoms. The number of carboxylic acids is 1. The van der Waals surface area contributed by atoms with Gasteiger partial charge < -0.3 is 10.4 Å². The molecule has 0 saturated heterocycles. The molecule has 1 heterocycles. The van der Waals surface area contributed by atoms with Crippen molar-refractivity contribution in [3.8, 4) is 0 Å². The van der Waals surface area contributed by atoms with Gasteiger partial charge in [-0.25, -0.2) is 18.6 Å². The van der Waals surface area contributed by atoms with Crippen LogP contribution in [-0.4, -0.2) is 16.1 Å². The van der Waals surface area contributed by atoms with Crippen LogP contribution in [0.3, 0.4) is 0 Å². The lowest BCUT2D eigenvalue weighted by Crippen LogP contribution is -2.04. The highest BCUT2D eigenvalue weighted by molar-refractivity contribution is 5.88. The Kier molecular flexibility index (Phi) is 3.93. The molecule has 1 aromatic heterocycles. The average Bonchev–Trinajstić information content (AvgIpc) is 2.41. The van der Waals surface area contributed by atoms with Gasteiger partial charge in [-0.05, 0) is 30.7 Å². The molecule has 2 aromatic rings. The molecule has 104 valence electrons. The molecule has 2 rings (SSSR count). The molecule has 0 amide bonds. The molecular weight excluding hydrogens is 266 g/mol. The fourth-order valence-electron chi connectivity index (χ4n) is 1.69. The molecule has 0 fully saturated rings. The minimum absolute atomic E-state index is 0.0310. The molecule has 0 bridgehead atoms. The Labute approximate surface area is 114 Å². The van der Waals surface area contributed by atoms with E-state index in [0.717, 1.165) is 12.1 Å². The maximum Gasteiger partial charge on any atom is 0.335 e. The number of hydrogen-bond donors (Lipinski definition) is 2. The molecule has 0 spiro atoms. The molecule has 0 unspecified atom stereocenters. The summed E-state index contributed by atoms with van der Waals surface area (Å²) in [6, 6.07) is 5.82. The first kappa shape index (κ1) is 13.9. The number of hydrogen-bond acceptors (Lipinski definition) is 3. The molecule has 6 heteroatoms. The van der Waals surface area contributed by atoms with Crippen molar-refractivity contribution >= 4 is 17.5 Å². The smallest absolute Gasteiger partial charge is 0.335 e. The predicted molar refractivity (Wildman–Crippen MR) is 70.2 cm³/mol. The summed E-state index contributed by atoms with van der Waals surface area (Å²) in [7, 11) is 0. The first-order chi connectivity index (χ1) is 9.49. The van der Waals surface area contributed by atoms with Gasteiger partial charge in [0.1, 0.15) is 17.5 Å². The maximum absolute atomic E-state index is 13.5. The number of carboxylic acid groups (broad SMARTS) is 1. The fraction of sp³-hybridized carbons (Fsp3) is 0.143. The molecular formula is C14H12F2N2O2. The Bertz CT molecular complexity index is 660. The summed E-state index contributed by atoms with van der Waals surface area (Å²) in [5.74, 6) is -2.35. The van der Waals surface area contributed by atoms with Gasteiger partial charge >= 0.3 is 5.97 Å². The lowest BCUT2D eigenvalue weighted by Gasteiger charge is -2.09. The quantitative estimate of drug-likeness (QED) is 0.900. The van der Waals surface area contributed by atoms with Gasteiger partial charge in [0.25, 0.3) is 0 Å². The van der Waals surface area contributed by atoms with Gasteiger partial charge in [0.05, 0.1) is 11.3 Å². The SMILES string of the molecule is CCc1cc(C(=O)O)cc(Nc2ccc(F)cc2F)n1. The molecule has 0 aliphatic rings. The third-order valence-corrected chi connectivity index (χ3v) is 2.68. The van der Waals surface area contributed by atoms with E-state index in [2.05, 4.69) is 10.3 Å². The Morgan fingerprint density at radius 1 is 1.30 bits per heavy atom. The van der Waals surface area contributed by atoms with Crippen molar-refractivity contribution in [3.05, 3.63) is 53.2 Å². The summed E-state index contributed by atoms with van der Waals surface area (Å²) in [6.45, 7) is 1.83. The summed E-state index contributed by atoms with van der Waals surface area (Å²) < 4.78 is 26.3. The van der Waals surface area contributed by atoms with Crippen LogP contribution in [0.1, 0.15) is 23.0 Å². The van der Waals surface area contributed by atoms with Crippen LogP contribution in [-0.2, 0) is 6.42 Å². The molecule has 0 atom stereocenters. The average molecular weight is 278 g/mol. The van der Waals surface area contributed by atoms with Gasteiger partial charge in [0.15, 0.2) is 0 Å². The van der Waals surface area contributed by atoms with E-state index in [1.807, 2.05) is 6.92 Å². The Morgan fingerprint density at radius 2 is 2.05 bits per heavy atom. The fourth-order valence-corrected chi connectivity index (χ4v) is 1.69.